The van der Waals surface area contributed by atoms with Gasteiger partial charge in [0.2, 0.25) is 0 Å². The Hall–Kier alpha value is -1.92. The summed E-state index contributed by atoms with van der Waals surface area (Å²) >= 11 is 0. The molecule has 1 aromatic carbocycles. The van der Waals surface area contributed by atoms with E-state index in [0.717, 1.165) is 18.7 Å². The summed E-state index contributed by atoms with van der Waals surface area (Å²) in [5.41, 5.74) is 4.97. The maximum absolute atomic E-state index is 12.5. The number of guanidine groups is 1. The summed E-state index contributed by atoms with van der Waals surface area (Å²) in [4.78, 5) is 4.22. The fourth-order valence-corrected chi connectivity index (χ4v) is 2.07. The number of ether oxygens (including phenoxy) is 1. The molecule has 3 N–H and O–H groups in total. The van der Waals surface area contributed by atoms with Crippen LogP contribution in [0, 0.1) is 5.92 Å². The highest BCUT2D eigenvalue weighted by Gasteiger charge is 2.30. The second-order valence-electron chi connectivity index (χ2n) is 5.32. The minimum Gasteiger partial charge on any atom is -0.492 e. The van der Waals surface area contributed by atoms with Crippen LogP contribution < -0.4 is 15.8 Å². The van der Waals surface area contributed by atoms with E-state index in [1.807, 2.05) is 0 Å². The zero-order valence-corrected chi connectivity index (χ0v) is 12.2. The van der Waals surface area contributed by atoms with Gasteiger partial charge in [0.05, 0.1) is 12.1 Å². The number of halogens is 3. The number of nitrogens with one attached hydrogen (secondary N) is 1. The van der Waals surface area contributed by atoms with Gasteiger partial charge in [0.25, 0.3) is 0 Å². The summed E-state index contributed by atoms with van der Waals surface area (Å²) in [6, 6.07) is 4.80. The fourth-order valence-electron chi connectivity index (χ4n) is 2.07. The van der Waals surface area contributed by atoms with Crippen LogP contribution in [-0.4, -0.2) is 25.7 Å². The van der Waals surface area contributed by atoms with Gasteiger partial charge in [0.15, 0.2) is 5.96 Å². The Balaban J connectivity index is 1.69. The molecule has 7 heteroatoms. The van der Waals surface area contributed by atoms with E-state index in [2.05, 4.69) is 10.3 Å². The topological polar surface area (TPSA) is 59.6 Å². The summed E-state index contributed by atoms with van der Waals surface area (Å²) < 4.78 is 42.9. The Morgan fingerprint density at radius 3 is 2.77 bits per heavy atom. The number of nitrogens with zero attached hydrogens (tertiary/aromatic N) is 1. The molecule has 0 bridgehead atoms. The maximum atomic E-state index is 12.5. The Bertz CT molecular complexity index is 513. The lowest BCUT2D eigenvalue weighted by molar-refractivity contribution is -0.137. The largest absolute Gasteiger partial charge is 0.492 e. The first-order valence-corrected chi connectivity index (χ1v) is 7.29. The predicted molar refractivity (Wildman–Crippen MR) is 78.8 cm³/mol. The quantitative estimate of drug-likeness (QED) is 0.482. The van der Waals surface area contributed by atoms with Crippen molar-refractivity contribution in [1.82, 2.24) is 5.32 Å². The normalized spacial score (nSPS) is 16.2. The second-order valence-corrected chi connectivity index (χ2v) is 5.32. The van der Waals surface area contributed by atoms with E-state index in [-0.39, 0.29) is 12.4 Å². The third-order valence-corrected chi connectivity index (χ3v) is 3.58. The summed E-state index contributed by atoms with van der Waals surface area (Å²) in [5.74, 6) is 1.17. The molecule has 4 nitrogen and oxygen atoms in total. The number of nitrogens with two attached hydrogens (primary N) is 1. The van der Waals surface area contributed by atoms with E-state index in [9.17, 15) is 13.2 Å². The van der Waals surface area contributed by atoms with Crippen molar-refractivity contribution in [2.24, 2.45) is 16.6 Å². The highest BCUT2D eigenvalue weighted by atomic mass is 19.4. The van der Waals surface area contributed by atoms with Gasteiger partial charge in [-0.3, -0.25) is 4.99 Å². The van der Waals surface area contributed by atoms with Gasteiger partial charge >= 0.3 is 6.18 Å². The summed E-state index contributed by atoms with van der Waals surface area (Å²) in [5, 5.41) is 2.88. The molecule has 2 rings (SSSR count). The number of aliphatic imine (C=N–C) groups is 1. The highest BCUT2D eigenvalue weighted by molar-refractivity contribution is 5.77. The predicted octanol–water partition coefficient (Wildman–Crippen LogP) is 2.79. The molecule has 0 spiro atoms. The molecular weight excluding hydrogens is 295 g/mol. The molecule has 0 amide bonds. The summed E-state index contributed by atoms with van der Waals surface area (Å²) in [6.45, 7) is 1.32. The minimum atomic E-state index is -4.36. The van der Waals surface area contributed by atoms with Crippen LogP contribution in [-0.2, 0) is 6.18 Å². The smallest absolute Gasteiger partial charge is 0.416 e. The van der Waals surface area contributed by atoms with Gasteiger partial charge in [-0.25, -0.2) is 0 Å². The van der Waals surface area contributed by atoms with Crippen LogP contribution in [0.25, 0.3) is 0 Å². The number of benzene rings is 1. The molecule has 1 fully saturated rings. The van der Waals surface area contributed by atoms with Gasteiger partial charge in [0, 0.05) is 6.54 Å². The van der Waals surface area contributed by atoms with E-state index in [4.69, 9.17) is 10.5 Å². The van der Waals surface area contributed by atoms with Crippen molar-refractivity contribution in [3.8, 4) is 5.75 Å². The number of hydrogen-bond acceptors (Lipinski definition) is 2. The highest BCUT2D eigenvalue weighted by Crippen LogP contribution is 2.31. The van der Waals surface area contributed by atoms with Gasteiger partial charge in [0.1, 0.15) is 12.4 Å². The molecule has 0 unspecified atom stereocenters. The van der Waals surface area contributed by atoms with Crippen LogP contribution in [0.4, 0.5) is 13.2 Å². The van der Waals surface area contributed by atoms with Crippen LogP contribution in [0.1, 0.15) is 24.8 Å². The zero-order chi connectivity index (χ0) is 16.0. The molecule has 0 heterocycles. The van der Waals surface area contributed by atoms with Crippen molar-refractivity contribution in [3.05, 3.63) is 29.8 Å². The van der Waals surface area contributed by atoms with Gasteiger partial charge in [-0.2, -0.15) is 13.2 Å². The number of hydrogen-bond donors (Lipinski definition) is 2. The molecule has 0 aliphatic heterocycles. The van der Waals surface area contributed by atoms with E-state index in [1.165, 1.54) is 31.4 Å². The standard InChI is InChI=1S/C15H20F3N3O/c16-15(17,18)12-5-2-6-13(9-12)22-8-7-20-14(19)21-10-11-3-1-4-11/h2,5-6,9,11H,1,3-4,7-8,10H2,(H3,19,20,21). The fraction of sp³-hybridized carbons (Fsp3) is 0.533. The van der Waals surface area contributed by atoms with Gasteiger partial charge in [-0.05, 0) is 37.0 Å². The van der Waals surface area contributed by atoms with Gasteiger partial charge in [-0.15, -0.1) is 0 Å². The SMILES string of the molecule is NC(=NCC1CCC1)NCCOc1cccc(C(F)(F)F)c1. The van der Waals surface area contributed by atoms with Crippen molar-refractivity contribution in [2.75, 3.05) is 19.7 Å². The van der Waals surface area contributed by atoms with Crippen molar-refractivity contribution < 1.29 is 17.9 Å². The maximum Gasteiger partial charge on any atom is 0.416 e. The van der Waals surface area contributed by atoms with Crippen LogP contribution in [0.2, 0.25) is 0 Å². The zero-order valence-electron chi connectivity index (χ0n) is 12.2. The lowest BCUT2D eigenvalue weighted by atomic mass is 9.86. The molecule has 22 heavy (non-hydrogen) atoms. The molecule has 1 aliphatic carbocycles. The lowest BCUT2D eigenvalue weighted by Crippen LogP contribution is -2.35. The first-order valence-electron chi connectivity index (χ1n) is 7.29. The van der Waals surface area contributed by atoms with Crippen molar-refractivity contribution in [3.63, 3.8) is 0 Å². The van der Waals surface area contributed by atoms with E-state index < -0.39 is 11.7 Å². The van der Waals surface area contributed by atoms with Crippen LogP contribution >= 0.6 is 0 Å². The molecular formula is C15H20F3N3O. The molecule has 1 aromatic rings. The third-order valence-electron chi connectivity index (χ3n) is 3.58. The third kappa shape index (κ3) is 5.13. The van der Waals surface area contributed by atoms with Crippen molar-refractivity contribution in [1.29, 1.82) is 0 Å². The Kier molecular flexibility index (Phi) is 5.51. The van der Waals surface area contributed by atoms with Crippen molar-refractivity contribution in [2.45, 2.75) is 25.4 Å². The number of alkyl halides is 3. The lowest BCUT2D eigenvalue weighted by Gasteiger charge is -2.23. The van der Waals surface area contributed by atoms with Crippen molar-refractivity contribution >= 4 is 5.96 Å². The average molecular weight is 315 g/mol. The van der Waals surface area contributed by atoms with E-state index in [0.29, 0.717) is 18.4 Å². The monoisotopic (exact) mass is 315 g/mol. The first-order chi connectivity index (χ1) is 10.4. The molecule has 0 saturated heterocycles. The Morgan fingerprint density at radius 2 is 2.14 bits per heavy atom. The molecule has 0 atom stereocenters. The molecule has 0 aromatic heterocycles. The van der Waals surface area contributed by atoms with E-state index in [1.54, 1.807) is 0 Å². The van der Waals surface area contributed by atoms with Gasteiger partial charge in [-0.1, -0.05) is 12.5 Å². The second kappa shape index (κ2) is 7.38. The Labute approximate surface area is 127 Å². The van der Waals surface area contributed by atoms with Crippen LogP contribution in [0.15, 0.2) is 29.3 Å². The molecule has 122 valence electrons. The average Bonchev–Trinajstić information content (AvgIpc) is 2.41. The summed E-state index contributed by atoms with van der Waals surface area (Å²) in [6.07, 6.45) is -0.695. The van der Waals surface area contributed by atoms with Crippen LogP contribution in [0.5, 0.6) is 5.75 Å². The Morgan fingerprint density at radius 1 is 1.36 bits per heavy atom. The molecule has 0 radical (unpaired) electrons. The number of rotatable bonds is 6. The summed E-state index contributed by atoms with van der Waals surface area (Å²) in [7, 11) is 0. The minimum absolute atomic E-state index is 0.182. The molecule has 1 saturated carbocycles. The molecule has 1 aliphatic rings. The van der Waals surface area contributed by atoms with Gasteiger partial charge < -0.3 is 15.8 Å². The first kappa shape index (κ1) is 16.5. The van der Waals surface area contributed by atoms with Crippen LogP contribution in [0.3, 0.4) is 0 Å². The van der Waals surface area contributed by atoms with E-state index >= 15 is 0 Å².